The van der Waals surface area contributed by atoms with Gasteiger partial charge in [0.1, 0.15) is 16.4 Å². The highest BCUT2D eigenvalue weighted by Gasteiger charge is 2.34. The molecule has 0 bridgehead atoms. The summed E-state index contributed by atoms with van der Waals surface area (Å²) < 4.78 is 47.2. The van der Waals surface area contributed by atoms with E-state index in [1.165, 1.54) is 18.5 Å². The molecule has 3 heterocycles. The Bertz CT molecular complexity index is 1770. The van der Waals surface area contributed by atoms with Gasteiger partial charge in [0.05, 0.1) is 24.3 Å². The third-order valence-corrected chi connectivity index (χ3v) is 8.27. The van der Waals surface area contributed by atoms with E-state index in [0.29, 0.717) is 36.0 Å². The summed E-state index contributed by atoms with van der Waals surface area (Å²) in [4.78, 5) is 46.7. The van der Waals surface area contributed by atoms with Gasteiger partial charge in [0.25, 0.3) is 0 Å². The predicted molar refractivity (Wildman–Crippen MR) is 160 cm³/mol. The largest absolute Gasteiger partial charge is 0.462 e. The number of anilines is 1. The topological polar surface area (TPSA) is 135 Å². The van der Waals surface area contributed by atoms with Crippen molar-refractivity contribution in [2.75, 3.05) is 18.5 Å². The van der Waals surface area contributed by atoms with Crippen molar-refractivity contribution in [3.63, 3.8) is 0 Å². The molecule has 2 atom stereocenters. The van der Waals surface area contributed by atoms with Gasteiger partial charge in [-0.05, 0) is 50.5 Å². The maximum atomic E-state index is 13.7. The van der Waals surface area contributed by atoms with Gasteiger partial charge in [-0.25, -0.2) is 19.6 Å². The first-order valence-corrected chi connectivity index (χ1v) is 15.0. The third-order valence-electron chi connectivity index (χ3n) is 7.40. The maximum absolute atomic E-state index is 13.7. The van der Waals surface area contributed by atoms with E-state index in [9.17, 15) is 32.7 Å². The Morgan fingerprint density at radius 2 is 1.93 bits per heavy atom. The standard InChI is InChI=1S/C30H30F3N5O5S/c1-3-34-29(42)37-25-12-17(27-36-24(15-44-27)30(31,32)33)19(13-35-25)16-9-10-21-18(11-16)26(40)20(28(41)43-4-2)14-38(21)22-7-5-6-8-23(22)39/h9-15,22-23,39H,3-8H2,1-2H3,(H2,34,35,37,42)/t22-,23+/m0/s1. The number of rotatable bonds is 7. The van der Waals surface area contributed by atoms with Gasteiger partial charge in [0.2, 0.25) is 5.43 Å². The number of nitrogens with zero attached hydrogens (tertiary/aromatic N) is 3. The van der Waals surface area contributed by atoms with Crippen LogP contribution in [0, 0.1) is 0 Å². The third kappa shape index (κ3) is 6.31. The van der Waals surface area contributed by atoms with E-state index < -0.39 is 35.4 Å². The smallest absolute Gasteiger partial charge is 0.434 e. The number of fused-ring (bicyclic) bond motifs is 1. The van der Waals surface area contributed by atoms with Crippen LogP contribution in [0.4, 0.5) is 23.8 Å². The number of aliphatic hydroxyl groups is 1. The average Bonchev–Trinajstić information content (AvgIpc) is 3.49. The van der Waals surface area contributed by atoms with Crippen LogP contribution in [0.1, 0.15) is 61.6 Å². The number of thiazole rings is 1. The summed E-state index contributed by atoms with van der Waals surface area (Å²) in [6, 6.07) is 5.40. The highest BCUT2D eigenvalue weighted by atomic mass is 32.1. The number of aliphatic hydroxyl groups excluding tert-OH is 1. The molecule has 3 aromatic heterocycles. The minimum absolute atomic E-state index is 0.0248. The fourth-order valence-electron chi connectivity index (χ4n) is 5.35. The second-order valence-electron chi connectivity index (χ2n) is 10.3. The van der Waals surface area contributed by atoms with Crippen LogP contribution >= 0.6 is 11.3 Å². The Balaban J connectivity index is 1.70. The molecule has 0 spiro atoms. The second-order valence-corrected chi connectivity index (χ2v) is 11.1. The molecule has 0 aliphatic heterocycles. The molecule has 14 heteroatoms. The van der Waals surface area contributed by atoms with Gasteiger partial charge in [-0.15, -0.1) is 11.3 Å². The van der Waals surface area contributed by atoms with Crippen molar-refractivity contribution in [1.82, 2.24) is 19.9 Å². The van der Waals surface area contributed by atoms with Crippen molar-refractivity contribution in [2.45, 2.75) is 57.9 Å². The van der Waals surface area contributed by atoms with Crippen LogP contribution in [0.2, 0.25) is 0 Å². The van der Waals surface area contributed by atoms with Gasteiger partial charge in [0, 0.05) is 40.8 Å². The van der Waals surface area contributed by atoms with Crippen molar-refractivity contribution in [2.24, 2.45) is 0 Å². The minimum atomic E-state index is -4.66. The Hall–Kier alpha value is -4.30. The summed E-state index contributed by atoms with van der Waals surface area (Å²) in [5.74, 6) is -0.716. The lowest BCUT2D eigenvalue weighted by atomic mass is 9.91. The van der Waals surface area contributed by atoms with Crippen LogP contribution in [0.5, 0.6) is 0 Å². The number of carbonyl (C=O) groups excluding carboxylic acids is 2. The van der Waals surface area contributed by atoms with Crippen molar-refractivity contribution >= 4 is 40.1 Å². The van der Waals surface area contributed by atoms with E-state index >= 15 is 0 Å². The number of urea groups is 1. The molecule has 4 aromatic rings. The monoisotopic (exact) mass is 629 g/mol. The van der Waals surface area contributed by atoms with E-state index in [2.05, 4.69) is 20.6 Å². The van der Waals surface area contributed by atoms with Crippen LogP contribution in [0.25, 0.3) is 32.6 Å². The van der Waals surface area contributed by atoms with E-state index in [1.807, 2.05) is 0 Å². The molecule has 0 unspecified atom stereocenters. The number of amides is 2. The number of alkyl halides is 3. The van der Waals surface area contributed by atoms with Gasteiger partial charge >= 0.3 is 18.2 Å². The number of esters is 1. The fourth-order valence-corrected chi connectivity index (χ4v) is 6.20. The lowest BCUT2D eigenvalue weighted by Crippen LogP contribution is -2.30. The number of hydrogen-bond donors (Lipinski definition) is 3. The first-order valence-electron chi connectivity index (χ1n) is 14.1. The SMILES string of the molecule is CCNC(=O)Nc1cc(-c2nc(C(F)(F)F)cs2)c(-c2ccc3c(c2)c(=O)c(C(=O)OCC)cn3[C@H]2CCCC[C@H]2O)cn1. The van der Waals surface area contributed by atoms with Crippen LogP contribution in [0.15, 0.2) is 46.8 Å². The molecular formula is C30H30F3N5O5S. The van der Waals surface area contributed by atoms with Crippen molar-refractivity contribution < 1.29 is 32.6 Å². The van der Waals surface area contributed by atoms with E-state index in [4.69, 9.17) is 4.74 Å². The summed E-state index contributed by atoms with van der Waals surface area (Å²) in [5, 5.41) is 17.0. The molecule has 1 aliphatic carbocycles. The molecule has 1 aliphatic rings. The summed E-state index contributed by atoms with van der Waals surface area (Å²) in [6.45, 7) is 3.76. The van der Waals surface area contributed by atoms with Crippen LogP contribution in [-0.4, -0.2) is 50.9 Å². The quantitative estimate of drug-likeness (QED) is 0.214. The zero-order chi connectivity index (χ0) is 31.6. The van der Waals surface area contributed by atoms with Crippen molar-refractivity contribution in [1.29, 1.82) is 0 Å². The maximum Gasteiger partial charge on any atom is 0.434 e. The summed E-state index contributed by atoms with van der Waals surface area (Å²) in [7, 11) is 0. The van der Waals surface area contributed by atoms with Gasteiger partial charge in [0.15, 0.2) is 5.69 Å². The molecule has 1 aromatic carbocycles. The zero-order valence-electron chi connectivity index (χ0n) is 23.9. The van der Waals surface area contributed by atoms with E-state index in [1.54, 1.807) is 36.6 Å². The highest BCUT2D eigenvalue weighted by molar-refractivity contribution is 7.13. The Labute approximate surface area is 253 Å². The Morgan fingerprint density at radius 1 is 1.16 bits per heavy atom. The van der Waals surface area contributed by atoms with Crippen molar-refractivity contribution in [3.05, 3.63) is 63.5 Å². The van der Waals surface area contributed by atoms with Crippen LogP contribution in [0.3, 0.4) is 0 Å². The summed E-state index contributed by atoms with van der Waals surface area (Å²) in [6.07, 6.45) is 0.409. The predicted octanol–water partition coefficient (Wildman–Crippen LogP) is 6.00. The molecule has 1 fully saturated rings. The highest BCUT2D eigenvalue weighted by Crippen LogP contribution is 2.39. The minimum Gasteiger partial charge on any atom is -0.462 e. The lowest BCUT2D eigenvalue weighted by molar-refractivity contribution is -0.140. The molecule has 0 saturated heterocycles. The molecule has 1 saturated carbocycles. The number of nitrogens with one attached hydrogen (secondary N) is 2. The van der Waals surface area contributed by atoms with E-state index in [0.717, 1.165) is 29.6 Å². The Kier molecular flexibility index (Phi) is 9.02. The summed E-state index contributed by atoms with van der Waals surface area (Å²) in [5.41, 5.74) is -0.344. The number of halogens is 3. The molecule has 232 valence electrons. The molecular weight excluding hydrogens is 599 g/mol. The molecule has 5 rings (SSSR count). The van der Waals surface area contributed by atoms with Crippen LogP contribution in [-0.2, 0) is 10.9 Å². The van der Waals surface area contributed by atoms with Gasteiger partial charge in [-0.2, -0.15) is 13.2 Å². The van der Waals surface area contributed by atoms with E-state index in [-0.39, 0.29) is 40.0 Å². The number of benzene rings is 1. The van der Waals surface area contributed by atoms with Crippen molar-refractivity contribution in [3.8, 4) is 21.7 Å². The fraction of sp³-hybridized carbons (Fsp3) is 0.367. The average molecular weight is 630 g/mol. The lowest BCUT2D eigenvalue weighted by Gasteiger charge is -2.31. The first-order chi connectivity index (χ1) is 21.0. The van der Waals surface area contributed by atoms with Gasteiger partial charge in [-0.3, -0.25) is 10.1 Å². The number of hydrogen-bond acceptors (Lipinski definition) is 8. The normalized spacial score (nSPS) is 17.0. The summed E-state index contributed by atoms with van der Waals surface area (Å²) >= 11 is 0.774. The number of aromatic nitrogens is 3. The second kappa shape index (κ2) is 12.7. The molecule has 44 heavy (non-hydrogen) atoms. The number of carbonyl (C=O) groups is 2. The first kappa shape index (κ1) is 31.1. The molecule has 3 N–H and O–H groups in total. The molecule has 10 nitrogen and oxygen atoms in total. The molecule has 0 radical (unpaired) electrons. The van der Waals surface area contributed by atoms with Crippen LogP contribution < -0.4 is 16.1 Å². The van der Waals surface area contributed by atoms with Gasteiger partial charge < -0.3 is 19.7 Å². The number of ether oxygens (including phenoxy) is 1. The zero-order valence-corrected chi connectivity index (χ0v) is 24.7. The number of pyridine rings is 2. The van der Waals surface area contributed by atoms with Gasteiger partial charge in [-0.1, -0.05) is 18.9 Å². The molecule has 2 amide bonds. The Morgan fingerprint density at radius 3 is 2.61 bits per heavy atom.